The highest BCUT2D eigenvalue weighted by Crippen LogP contribution is 2.26. The number of fused-ring (bicyclic) bond motifs is 1. The summed E-state index contributed by atoms with van der Waals surface area (Å²) >= 11 is 0. The van der Waals surface area contributed by atoms with E-state index in [9.17, 15) is 0 Å². The van der Waals surface area contributed by atoms with Crippen molar-refractivity contribution in [1.82, 2.24) is 4.98 Å². The third-order valence-corrected chi connectivity index (χ3v) is 2.82. The van der Waals surface area contributed by atoms with Gasteiger partial charge in [-0.3, -0.25) is 4.98 Å². The standard InChI is InChI=1S/C13H15NO/c1-9-11-6-4-5-7-12(11)13(8-14-9)10(2)15-3/h4-8,10H,1-3H3. The van der Waals surface area contributed by atoms with Crippen LogP contribution in [-0.2, 0) is 4.74 Å². The molecule has 0 radical (unpaired) electrons. The van der Waals surface area contributed by atoms with Crippen molar-refractivity contribution >= 4 is 10.8 Å². The first-order chi connectivity index (χ1) is 7.24. The van der Waals surface area contributed by atoms with Crippen molar-refractivity contribution in [2.75, 3.05) is 7.11 Å². The van der Waals surface area contributed by atoms with Crippen LogP contribution >= 0.6 is 0 Å². The molecule has 0 bridgehead atoms. The van der Waals surface area contributed by atoms with Crippen LogP contribution in [0.4, 0.5) is 0 Å². The van der Waals surface area contributed by atoms with Gasteiger partial charge < -0.3 is 4.74 Å². The van der Waals surface area contributed by atoms with Gasteiger partial charge in [0.05, 0.1) is 6.10 Å². The quantitative estimate of drug-likeness (QED) is 0.744. The lowest BCUT2D eigenvalue weighted by Crippen LogP contribution is -1.99. The van der Waals surface area contributed by atoms with Crippen molar-refractivity contribution in [1.29, 1.82) is 0 Å². The number of methoxy groups -OCH3 is 1. The molecule has 0 aliphatic carbocycles. The summed E-state index contributed by atoms with van der Waals surface area (Å²) in [7, 11) is 1.72. The van der Waals surface area contributed by atoms with Crippen molar-refractivity contribution in [2.45, 2.75) is 20.0 Å². The van der Waals surface area contributed by atoms with E-state index in [1.807, 2.05) is 32.2 Å². The fourth-order valence-electron chi connectivity index (χ4n) is 1.81. The average Bonchev–Trinajstić information content (AvgIpc) is 2.29. The highest BCUT2D eigenvalue weighted by atomic mass is 16.5. The SMILES string of the molecule is COC(C)c1cnc(C)c2ccccc12. The van der Waals surface area contributed by atoms with E-state index >= 15 is 0 Å². The van der Waals surface area contributed by atoms with E-state index in [4.69, 9.17) is 4.74 Å². The second-order valence-corrected chi connectivity index (χ2v) is 3.72. The summed E-state index contributed by atoms with van der Waals surface area (Å²) in [5, 5.41) is 2.44. The van der Waals surface area contributed by atoms with E-state index in [0.29, 0.717) is 0 Å². The lowest BCUT2D eigenvalue weighted by Gasteiger charge is -2.13. The predicted molar refractivity (Wildman–Crippen MR) is 61.9 cm³/mol. The average molecular weight is 201 g/mol. The molecule has 78 valence electrons. The lowest BCUT2D eigenvalue weighted by atomic mass is 10.0. The van der Waals surface area contributed by atoms with Gasteiger partial charge in [-0.2, -0.15) is 0 Å². The molecule has 1 aromatic heterocycles. The molecule has 1 unspecified atom stereocenters. The van der Waals surface area contributed by atoms with Crippen LogP contribution in [0.2, 0.25) is 0 Å². The molecule has 1 aromatic carbocycles. The van der Waals surface area contributed by atoms with E-state index in [1.165, 1.54) is 10.8 Å². The summed E-state index contributed by atoms with van der Waals surface area (Å²) in [5.74, 6) is 0. The topological polar surface area (TPSA) is 22.1 Å². The summed E-state index contributed by atoms with van der Waals surface area (Å²) in [4.78, 5) is 4.40. The maximum Gasteiger partial charge on any atom is 0.0813 e. The van der Waals surface area contributed by atoms with E-state index in [2.05, 4.69) is 17.1 Å². The first kappa shape index (κ1) is 10.1. The van der Waals surface area contributed by atoms with Crippen molar-refractivity contribution in [3.05, 3.63) is 41.7 Å². The number of hydrogen-bond acceptors (Lipinski definition) is 2. The minimum Gasteiger partial charge on any atom is -0.377 e. The molecule has 0 aliphatic heterocycles. The monoisotopic (exact) mass is 201 g/mol. The second-order valence-electron chi connectivity index (χ2n) is 3.72. The zero-order valence-electron chi connectivity index (χ0n) is 9.32. The second kappa shape index (κ2) is 3.99. The minimum atomic E-state index is 0.0861. The molecule has 0 saturated heterocycles. The maximum atomic E-state index is 5.34. The predicted octanol–water partition coefficient (Wildman–Crippen LogP) is 3.25. The zero-order valence-corrected chi connectivity index (χ0v) is 9.32. The molecule has 0 N–H and O–H groups in total. The summed E-state index contributed by atoms with van der Waals surface area (Å²) in [5.41, 5.74) is 2.22. The first-order valence-electron chi connectivity index (χ1n) is 5.11. The van der Waals surface area contributed by atoms with Crippen LogP contribution in [0.3, 0.4) is 0 Å². The number of benzene rings is 1. The van der Waals surface area contributed by atoms with Gasteiger partial charge in [0, 0.05) is 30.0 Å². The number of rotatable bonds is 2. The first-order valence-corrected chi connectivity index (χ1v) is 5.11. The van der Waals surface area contributed by atoms with Crippen molar-refractivity contribution in [2.24, 2.45) is 0 Å². The Bertz CT molecular complexity index is 479. The molecule has 0 fully saturated rings. The van der Waals surface area contributed by atoms with Gasteiger partial charge in [0.25, 0.3) is 0 Å². The van der Waals surface area contributed by atoms with Crippen LogP contribution in [-0.4, -0.2) is 12.1 Å². The molecule has 0 spiro atoms. The number of aromatic nitrogens is 1. The van der Waals surface area contributed by atoms with Gasteiger partial charge >= 0.3 is 0 Å². The van der Waals surface area contributed by atoms with Crippen molar-refractivity contribution < 1.29 is 4.74 Å². The van der Waals surface area contributed by atoms with Gasteiger partial charge in [0.2, 0.25) is 0 Å². The van der Waals surface area contributed by atoms with Crippen LogP contribution < -0.4 is 0 Å². The minimum absolute atomic E-state index is 0.0861. The molecular formula is C13H15NO. The Hall–Kier alpha value is -1.41. The van der Waals surface area contributed by atoms with E-state index in [1.54, 1.807) is 7.11 Å². The van der Waals surface area contributed by atoms with Crippen LogP contribution in [0.1, 0.15) is 24.3 Å². The van der Waals surface area contributed by atoms with Crippen LogP contribution in [0, 0.1) is 6.92 Å². The molecule has 15 heavy (non-hydrogen) atoms. The summed E-state index contributed by atoms with van der Waals surface area (Å²) < 4.78 is 5.34. The van der Waals surface area contributed by atoms with E-state index in [-0.39, 0.29) is 6.10 Å². The fourth-order valence-corrected chi connectivity index (χ4v) is 1.81. The third kappa shape index (κ3) is 1.73. The van der Waals surface area contributed by atoms with Crippen LogP contribution in [0.5, 0.6) is 0 Å². The molecule has 1 atom stereocenters. The smallest absolute Gasteiger partial charge is 0.0813 e. The van der Waals surface area contributed by atoms with Crippen LogP contribution in [0.25, 0.3) is 10.8 Å². The Morgan fingerprint density at radius 1 is 1.20 bits per heavy atom. The number of hydrogen-bond donors (Lipinski definition) is 0. The molecule has 0 aliphatic rings. The van der Waals surface area contributed by atoms with Gasteiger partial charge in [-0.25, -0.2) is 0 Å². The zero-order chi connectivity index (χ0) is 10.8. The summed E-state index contributed by atoms with van der Waals surface area (Å²) in [6, 6.07) is 8.31. The molecule has 2 rings (SSSR count). The Morgan fingerprint density at radius 2 is 1.87 bits per heavy atom. The van der Waals surface area contributed by atoms with Crippen molar-refractivity contribution in [3.8, 4) is 0 Å². The van der Waals surface area contributed by atoms with Gasteiger partial charge in [-0.15, -0.1) is 0 Å². The Morgan fingerprint density at radius 3 is 2.53 bits per heavy atom. The highest BCUT2D eigenvalue weighted by Gasteiger charge is 2.09. The number of pyridine rings is 1. The van der Waals surface area contributed by atoms with Gasteiger partial charge in [0.15, 0.2) is 0 Å². The molecule has 1 heterocycles. The molecule has 2 aromatic rings. The number of nitrogens with zero attached hydrogens (tertiary/aromatic N) is 1. The Kier molecular flexibility index (Phi) is 2.69. The van der Waals surface area contributed by atoms with Gasteiger partial charge in [-0.1, -0.05) is 24.3 Å². The van der Waals surface area contributed by atoms with Gasteiger partial charge in [0.1, 0.15) is 0 Å². The summed E-state index contributed by atoms with van der Waals surface area (Å²) in [6.45, 7) is 4.07. The molecule has 0 amide bonds. The molecule has 0 saturated carbocycles. The Labute approximate surface area is 89.9 Å². The molecule has 2 nitrogen and oxygen atoms in total. The van der Waals surface area contributed by atoms with E-state index in [0.717, 1.165) is 11.3 Å². The molecular weight excluding hydrogens is 186 g/mol. The fraction of sp³-hybridized carbons (Fsp3) is 0.308. The third-order valence-electron chi connectivity index (χ3n) is 2.82. The largest absolute Gasteiger partial charge is 0.377 e. The lowest BCUT2D eigenvalue weighted by molar-refractivity contribution is 0.120. The normalized spacial score (nSPS) is 13.0. The number of aryl methyl sites for hydroxylation is 1. The van der Waals surface area contributed by atoms with Crippen molar-refractivity contribution in [3.63, 3.8) is 0 Å². The molecule has 2 heteroatoms. The number of ether oxygens (including phenoxy) is 1. The van der Waals surface area contributed by atoms with Crippen LogP contribution in [0.15, 0.2) is 30.5 Å². The maximum absolute atomic E-state index is 5.34. The Balaban J connectivity index is 2.71. The highest BCUT2D eigenvalue weighted by molar-refractivity contribution is 5.87. The summed E-state index contributed by atoms with van der Waals surface area (Å²) in [6.07, 6.45) is 1.99. The van der Waals surface area contributed by atoms with Gasteiger partial charge in [-0.05, 0) is 19.2 Å². The van der Waals surface area contributed by atoms with E-state index < -0.39 is 0 Å².